The second-order valence-electron chi connectivity index (χ2n) is 3.02. The molecule has 0 radical (unpaired) electrons. The number of fused-ring (bicyclic) bond motifs is 1. The van der Waals surface area contributed by atoms with Gasteiger partial charge in [-0.1, -0.05) is 0 Å². The molecule has 0 aromatic heterocycles. The SMILES string of the molecule is C1NC[C@H]2C[C@@H]12.CC(N)=O. The van der Waals surface area contributed by atoms with Gasteiger partial charge in [0.15, 0.2) is 0 Å². The van der Waals surface area contributed by atoms with Gasteiger partial charge < -0.3 is 11.1 Å². The van der Waals surface area contributed by atoms with E-state index in [0.29, 0.717) is 0 Å². The molecule has 1 saturated heterocycles. The molecule has 1 aliphatic heterocycles. The molecule has 0 aromatic rings. The number of rotatable bonds is 0. The van der Waals surface area contributed by atoms with Crippen molar-refractivity contribution in [1.82, 2.24) is 5.32 Å². The van der Waals surface area contributed by atoms with Gasteiger partial charge in [0.05, 0.1) is 0 Å². The zero-order chi connectivity index (χ0) is 7.56. The maximum atomic E-state index is 9.22. The monoisotopic (exact) mass is 142 g/mol. The highest BCUT2D eigenvalue weighted by molar-refractivity contribution is 5.70. The molecule has 3 nitrogen and oxygen atoms in total. The lowest BCUT2D eigenvalue weighted by molar-refractivity contribution is -0.115. The molecule has 1 saturated carbocycles. The average Bonchev–Trinajstić information content (AvgIpc) is 2.40. The van der Waals surface area contributed by atoms with Crippen LogP contribution in [0.3, 0.4) is 0 Å². The zero-order valence-corrected chi connectivity index (χ0v) is 6.26. The highest BCUT2D eigenvalue weighted by Gasteiger charge is 2.40. The number of amides is 1. The van der Waals surface area contributed by atoms with Gasteiger partial charge in [-0.25, -0.2) is 0 Å². The van der Waals surface area contributed by atoms with Crippen molar-refractivity contribution >= 4 is 5.91 Å². The summed E-state index contributed by atoms with van der Waals surface area (Å²) in [6, 6.07) is 0. The first-order valence-corrected chi connectivity index (χ1v) is 3.67. The molecule has 1 amide bonds. The van der Waals surface area contributed by atoms with Crippen LogP contribution in [0.4, 0.5) is 0 Å². The fourth-order valence-electron chi connectivity index (χ4n) is 1.26. The zero-order valence-electron chi connectivity index (χ0n) is 6.26. The molecule has 0 spiro atoms. The van der Waals surface area contributed by atoms with E-state index in [1.165, 1.54) is 26.4 Å². The Kier molecular flexibility index (Phi) is 2.27. The maximum absolute atomic E-state index is 9.22. The second kappa shape index (κ2) is 3.01. The van der Waals surface area contributed by atoms with E-state index in [9.17, 15) is 4.79 Å². The molecular formula is C7H14N2O. The van der Waals surface area contributed by atoms with Gasteiger partial charge in [0.2, 0.25) is 5.91 Å². The average molecular weight is 142 g/mol. The van der Waals surface area contributed by atoms with Crippen molar-refractivity contribution in [3.63, 3.8) is 0 Å². The van der Waals surface area contributed by atoms with Crippen LogP contribution in [-0.4, -0.2) is 19.0 Å². The van der Waals surface area contributed by atoms with Crippen LogP contribution in [0.5, 0.6) is 0 Å². The first-order chi connectivity index (χ1) is 4.70. The fraction of sp³-hybridized carbons (Fsp3) is 0.857. The lowest BCUT2D eigenvalue weighted by atomic mass is 10.4. The lowest BCUT2D eigenvalue weighted by Crippen LogP contribution is -2.10. The summed E-state index contributed by atoms with van der Waals surface area (Å²) in [7, 11) is 0. The van der Waals surface area contributed by atoms with E-state index in [0.717, 1.165) is 11.8 Å². The standard InChI is InChI=1S/C5H9N.C2H5NO/c1-4-2-6-3-5(1)4;1-2(3)4/h4-6H,1-3H2;1H3,(H2,3,4)/t4-,5+;. The van der Waals surface area contributed by atoms with Gasteiger partial charge in [0.1, 0.15) is 0 Å². The number of nitrogens with one attached hydrogen (secondary N) is 1. The van der Waals surface area contributed by atoms with E-state index in [4.69, 9.17) is 0 Å². The van der Waals surface area contributed by atoms with Gasteiger partial charge in [0, 0.05) is 6.92 Å². The van der Waals surface area contributed by atoms with Crippen molar-refractivity contribution in [3.8, 4) is 0 Å². The molecule has 58 valence electrons. The molecule has 10 heavy (non-hydrogen) atoms. The van der Waals surface area contributed by atoms with Crippen LogP contribution in [0.2, 0.25) is 0 Å². The minimum atomic E-state index is -0.333. The topological polar surface area (TPSA) is 55.1 Å². The minimum absolute atomic E-state index is 0.333. The summed E-state index contributed by atoms with van der Waals surface area (Å²) in [4.78, 5) is 9.22. The van der Waals surface area contributed by atoms with E-state index in [-0.39, 0.29) is 5.91 Å². The Morgan fingerprint density at radius 2 is 1.90 bits per heavy atom. The van der Waals surface area contributed by atoms with Crippen molar-refractivity contribution < 1.29 is 4.79 Å². The molecular weight excluding hydrogens is 128 g/mol. The van der Waals surface area contributed by atoms with Crippen molar-refractivity contribution in [3.05, 3.63) is 0 Å². The molecule has 2 atom stereocenters. The number of hydrogen-bond donors (Lipinski definition) is 2. The van der Waals surface area contributed by atoms with Crippen molar-refractivity contribution in [2.75, 3.05) is 13.1 Å². The van der Waals surface area contributed by atoms with Crippen LogP contribution < -0.4 is 11.1 Å². The van der Waals surface area contributed by atoms with Crippen LogP contribution in [0.1, 0.15) is 13.3 Å². The summed E-state index contributed by atoms with van der Waals surface area (Å²) in [5.41, 5.74) is 4.47. The molecule has 3 N–H and O–H groups in total. The summed E-state index contributed by atoms with van der Waals surface area (Å²) < 4.78 is 0. The summed E-state index contributed by atoms with van der Waals surface area (Å²) in [5, 5.41) is 3.32. The van der Waals surface area contributed by atoms with Crippen molar-refractivity contribution in [1.29, 1.82) is 0 Å². The molecule has 3 heteroatoms. The van der Waals surface area contributed by atoms with E-state index < -0.39 is 0 Å². The molecule has 2 fully saturated rings. The molecule has 1 aliphatic carbocycles. The summed E-state index contributed by atoms with van der Waals surface area (Å²) in [6.07, 6.45) is 1.52. The lowest BCUT2D eigenvalue weighted by Gasteiger charge is -1.87. The van der Waals surface area contributed by atoms with Gasteiger partial charge in [-0.05, 0) is 31.3 Å². The van der Waals surface area contributed by atoms with Gasteiger partial charge >= 0.3 is 0 Å². The first-order valence-electron chi connectivity index (χ1n) is 3.67. The van der Waals surface area contributed by atoms with Crippen LogP contribution >= 0.6 is 0 Å². The second-order valence-corrected chi connectivity index (χ2v) is 3.02. The number of carbonyl (C=O) groups excluding carboxylic acids is 1. The van der Waals surface area contributed by atoms with Gasteiger partial charge in [-0.2, -0.15) is 0 Å². The Balaban J connectivity index is 0.000000112. The van der Waals surface area contributed by atoms with Crippen LogP contribution in [0.25, 0.3) is 0 Å². The van der Waals surface area contributed by atoms with Crippen LogP contribution in [-0.2, 0) is 4.79 Å². The Bertz CT molecular complexity index is 124. The maximum Gasteiger partial charge on any atom is 0.214 e. The van der Waals surface area contributed by atoms with Crippen molar-refractivity contribution in [2.24, 2.45) is 17.6 Å². The van der Waals surface area contributed by atoms with Gasteiger partial charge in [0.25, 0.3) is 0 Å². The number of carbonyl (C=O) groups is 1. The predicted molar refractivity (Wildman–Crippen MR) is 39.3 cm³/mol. The Morgan fingerprint density at radius 3 is 2.00 bits per heavy atom. The number of nitrogens with two attached hydrogens (primary N) is 1. The third kappa shape index (κ3) is 2.35. The van der Waals surface area contributed by atoms with E-state index in [2.05, 4.69) is 11.1 Å². The van der Waals surface area contributed by atoms with E-state index in [1.54, 1.807) is 0 Å². The largest absolute Gasteiger partial charge is 0.370 e. The Labute approximate surface area is 61.0 Å². The number of hydrogen-bond acceptors (Lipinski definition) is 2. The highest BCUT2D eigenvalue weighted by Crippen LogP contribution is 2.40. The molecule has 2 rings (SSSR count). The molecule has 0 unspecified atom stereocenters. The molecule has 2 aliphatic rings. The molecule has 0 bridgehead atoms. The number of piperidine rings is 1. The summed E-state index contributed by atoms with van der Waals surface area (Å²) in [6.45, 7) is 3.93. The van der Waals surface area contributed by atoms with E-state index in [1.807, 2.05) is 0 Å². The smallest absolute Gasteiger partial charge is 0.214 e. The van der Waals surface area contributed by atoms with Gasteiger partial charge in [-0.15, -0.1) is 0 Å². The first kappa shape index (κ1) is 7.54. The van der Waals surface area contributed by atoms with E-state index >= 15 is 0 Å². The third-order valence-electron chi connectivity index (χ3n) is 1.88. The Morgan fingerprint density at radius 1 is 1.50 bits per heavy atom. The fourth-order valence-corrected chi connectivity index (χ4v) is 1.26. The van der Waals surface area contributed by atoms with Crippen LogP contribution in [0, 0.1) is 11.8 Å². The summed E-state index contributed by atoms with van der Waals surface area (Å²) in [5.74, 6) is 1.87. The normalized spacial score (nSPS) is 33.7. The Hall–Kier alpha value is -0.570. The van der Waals surface area contributed by atoms with Crippen molar-refractivity contribution in [2.45, 2.75) is 13.3 Å². The van der Waals surface area contributed by atoms with Crippen LogP contribution in [0.15, 0.2) is 0 Å². The highest BCUT2D eigenvalue weighted by atomic mass is 16.1. The number of primary amides is 1. The minimum Gasteiger partial charge on any atom is -0.370 e. The molecule has 0 aromatic carbocycles. The quantitative estimate of drug-likeness (QED) is 0.488. The molecule has 1 heterocycles. The van der Waals surface area contributed by atoms with Gasteiger partial charge in [-0.3, -0.25) is 4.79 Å². The third-order valence-corrected chi connectivity index (χ3v) is 1.88. The predicted octanol–water partition coefficient (Wildman–Crippen LogP) is -0.283. The summed E-state index contributed by atoms with van der Waals surface area (Å²) >= 11 is 0.